The number of hydrogen-bond donors (Lipinski definition) is 2. The van der Waals surface area contributed by atoms with Gasteiger partial charge in [0.1, 0.15) is 11.9 Å². The number of halogens is 4. The third kappa shape index (κ3) is 5.42. The fourth-order valence-corrected chi connectivity index (χ4v) is 3.49. The van der Waals surface area contributed by atoms with Crippen LogP contribution in [0.4, 0.5) is 23.5 Å². The molecule has 1 aromatic carbocycles. The van der Waals surface area contributed by atoms with Crippen LogP contribution in [0.25, 0.3) is 0 Å². The van der Waals surface area contributed by atoms with E-state index in [1.54, 1.807) is 4.90 Å². The average Bonchev–Trinajstić information content (AvgIpc) is 3.10. The van der Waals surface area contributed by atoms with Crippen LogP contribution in [0, 0.1) is 5.41 Å². The molecule has 1 unspecified atom stereocenters. The molecule has 0 spiro atoms. The lowest BCUT2D eigenvalue weighted by molar-refractivity contribution is -0.137. The lowest BCUT2D eigenvalue weighted by atomic mass is 9.82. The Morgan fingerprint density at radius 2 is 1.87 bits per heavy atom. The lowest BCUT2D eigenvalue weighted by Gasteiger charge is -2.32. The van der Waals surface area contributed by atoms with Crippen molar-refractivity contribution in [3.05, 3.63) is 57.5 Å². The molecule has 10 heteroatoms. The van der Waals surface area contributed by atoms with E-state index in [0.717, 1.165) is 18.2 Å². The molecular formula is C21H24F4N4O2. The van der Waals surface area contributed by atoms with Gasteiger partial charge in [0.2, 0.25) is 5.95 Å². The van der Waals surface area contributed by atoms with Gasteiger partial charge in [-0.15, -0.1) is 0 Å². The highest BCUT2D eigenvalue weighted by Crippen LogP contribution is 2.35. The number of nitrogens with one attached hydrogen (secondary N) is 2. The predicted molar refractivity (Wildman–Crippen MR) is 108 cm³/mol. The van der Waals surface area contributed by atoms with E-state index in [1.807, 2.05) is 20.8 Å². The third-order valence-electron chi connectivity index (χ3n) is 5.10. The number of rotatable bonds is 4. The van der Waals surface area contributed by atoms with Crippen molar-refractivity contribution in [2.45, 2.75) is 45.6 Å². The van der Waals surface area contributed by atoms with Gasteiger partial charge in [0, 0.05) is 12.6 Å². The summed E-state index contributed by atoms with van der Waals surface area (Å²) in [5, 5.41) is 2.77. The Morgan fingerprint density at radius 3 is 2.39 bits per heavy atom. The van der Waals surface area contributed by atoms with Crippen molar-refractivity contribution in [3.8, 4) is 0 Å². The number of amides is 1. The molecule has 2 heterocycles. The van der Waals surface area contributed by atoms with Gasteiger partial charge in [0.25, 0.3) is 11.5 Å². The van der Waals surface area contributed by atoms with Gasteiger partial charge in [0.05, 0.1) is 18.2 Å². The highest BCUT2D eigenvalue weighted by atomic mass is 19.4. The number of carbonyl (C=O) groups excluding carboxylic acids is 1. The Labute approximate surface area is 176 Å². The van der Waals surface area contributed by atoms with Crippen LogP contribution in [0.1, 0.15) is 54.8 Å². The average molecular weight is 440 g/mol. The summed E-state index contributed by atoms with van der Waals surface area (Å²) >= 11 is 0. The van der Waals surface area contributed by atoms with Gasteiger partial charge in [-0.1, -0.05) is 32.9 Å². The summed E-state index contributed by atoms with van der Waals surface area (Å²) in [6, 6.07) is 4.96. The monoisotopic (exact) mass is 440 g/mol. The Hall–Kier alpha value is -2.91. The van der Waals surface area contributed by atoms with Crippen LogP contribution < -0.4 is 15.8 Å². The topological polar surface area (TPSA) is 78.1 Å². The maximum absolute atomic E-state index is 13.5. The Balaban J connectivity index is 1.86. The molecule has 0 radical (unpaired) electrons. The molecule has 2 atom stereocenters. The van der Waals surface area contributed by atoms with E-state index in [2.05, 4.69) is 15.3 Å². The summed E-state index contributed by atoms with van der Waals surface area (Å²) in [6.45, 7) is 5.93. The fraction of sp³-hybridized carbons (Fsp3) is 0.476. The molecule has 0 bridgehead atoms. The predicted octanol–water partition coefficient (Wildman–Crippen LogP) is 3.85. The Morgan fingerprint density at radius 1 is 1.23 bits per heavy atom. The minimum atomic E-state index is -4.46. The van der Waals surface area contributed by atoms with E-state index < -0.39 is 40.8 Å². The molecular weight excluding hydrogens is 416 g/mol. The minimum absolute atomic E-state index is 0.0736. The molecule has 168 valence electrons. The molecule has 1 fully saturated rings. The third-order valence-corrected chi connectivity index (χ3v) is 5.10. The number of alkyl halides is 4. The van der Waals surface area contributed by atoms with E-state index in [0.29, 0.717) is 18.5 Å². The molecule has 1 saturated heterocycles. The second-order valence-electron chi connectivity index (χ2n) is 8.68. The quantitative estimate of drug-likeness (QED) is 0.708. The zero-order valence-corrected chi connectivity index (χ0v) is 17.4. The van der Waals surface area contributed by atoms with Crippen molar-refractivity contribution in [1.29, 1.82) is 0 Å². The van der Waals surface area contributed by atoms with E-state index in [1.165, 1.54) is 12.1 Å². The van der Waals surface area contributed by atoms with E-state index in [-0.39, 0.29) is 18.2 Å². The van der Waals surface area contributed by atoms with Crippen LogP contribution in [-0.4, -0.2) is 35.1 Å². The highest BCUT2D eigenvalue weighted by Gasteiger charge is 2.33. The van der Waals surface area contributed by atoms with Crippen LogP contribution in [0.15, 0.2) is 35.1 Å². The number of aromatic nitrogens is 2. The summed E-state index contributed by atoms with van der Waals surface area (Å²) in [4.78, 5) is 33.2. The molecule has 1 aromatic heterocycles. The van der Waals surface area contributed by atoms with Gasteiger partial charge in [-0.2, -0.15) is 13.2 Å². The maximum atomic E-state index is 13.5. The molecule has 6 nitrogen and oxygen atoms in total. The van der Waals surface area contributed by atoms with Crippen molar-refractivity contribution in [1.82, 2.24) is 15.3 Å². The fourth-order valence-electron chi connectivity index (χ4n) is 3.49. The van der Waals surface area contributed by atoms with Crippen molar-refractivity contribution in [3.63, 3.8) is 0 Å². The van der Waals surface area contributed by atoms with Gasteiger partial charge in [-0.25, -0.2) is 9.37 Å². The Kier molecular flexibility index (Phi) is 6.11. The molecule has 3 rings (SSSR count). The molecule has 31 heavy (non-hydrogen) atoms. The standard InChI is InChI=1S/C21H24F4N4O2/c1-20(2,3)17(12-4-6-13(7-5-12)21(23,24)25)28-18(31)15-10-16(30)27-19(26-15)29-9-8-14(22)11-29/h4-7,10,14,17H,8-9,11H2,1-3H3,(H,28,31)(H,26,27,30)/t14-,17?/m0/s1. The van der Waals surface area contributed by atoms with E-state index in [4.69, 9.17) is 0 Å². The lowest BCUT2D eigenvalue weighted by Crippen LogP contribution is -2.38. The number of H-pyrrole nitrogens is 1. The van der Waals surface area contributed by atoms with Crippen LogP contribution in [-0.2, 0) is 6.18 Å². The van der Waals surface area contributed by atoms with Gasteiger partial charge in [-0.05, 0) is 29.5 Å². The van der Waals surface area contributed by atoms with Crippen molar-refractivity contribution in [2.75, 3.05) is 18.0 Å². The molecule has 2 aromatic rings. The van der Waals surface area contributed by atoms with Crippen molar-refractivity contribution >= 4 is 11.9 Å². The van der Waals surface area contributed by atoms with Crippen molar-refractivity contribution < 1.29 is 22.4 Å². The SMILES string of the molecule is CC(C)(C)C(NC(=O)c1cc(=O)[nH]c(N2CC[C@H](F)C2)n1)c1ccc(C(F)(F)F)cc1. The summed E-state index contributed by atoms with van der Waals surface area (Å²) in [5.41, 5.74) is -1.55. The maximum Gasteiger partial charge on any atom is 0.416 e. The molecule has 0 saturated carbocycles. The normalized spacial score (nSPS) is 18.2. The van der Waals surface area contributed by atoms with Gasteiger partial charge >= 0.3 is 6.18 Å². The number of nitrogens with zero attached hydrogens (tertiary/aromatic N) is 2. The first-order valence-corrected chi connectivity index (χ1v) is 9.83. The zero-order valence-electron chi connectivity index (χ0n) is 17.4. The Bertz CT molecular complexity index is 996. The van der Waals surface area contributed by atoms with Gasteiger partial charge in [0.15, 0.2) is 0 Å². The largest absolute Gasteiger partial charge is 0.416 e. The number of hydrogen-bond acceptors (Lipinski definition) is 4. The van der Waals surface area contributed by atoms with E-state index in [9.17, 15) is 27.2 Å². The van der Waals surface area contributed by atoms with Gasteiger partial charge < -0.3 is 10.2 Å². The summed E-state index contributed by atoms with van der Waals surface area (Å²) in [7, 11) is 0. The number of carbonyl (C=O) groups is 1. The van der Waals surface area contributed by atoms with Crippen LogP contribution >= 0.6 is 0 Å². The summed E-state index contributed by atoms with van der Waals surface area (Å²) in [5.74, 6) is -0.539. The first kappa shape index (κ1) is 22.8. The highest BCUT2D eigenvalue weighted by molar-refractivity contribution is 5.92. The molecule has 0 aliphatic carbocycles. The van der Waals surface area contributed by atoms with Crippen LogP contribution in [0.5, 0.6) is 0 Å². The van der Waals surface area contributed by atoms with Crippen LogP contribution in [0.2, 0.25) is 0 Å². The van der Waals surface area contributed by atoms with Gasteiger partial charge in [-0.3, -0.25) is 14.6 Å². The number of benzene rings is 1. The van der Waals surface area contributed by atoms with Crippen LogP contribution in [0.3, 0.4) is 0 Å². The second-order valence-corrected chi connectivity index (χ2v) is 8.68. The van der Waals surface area contributed by atoms with E-state index >= 15 is 0 Å². The minimum Gasteiger partial charge on any atom is -0.343 e. The molecule has 1 aliphatic heterocycles. The smallest absolute Gasteiger partial charge is 0.343 e. The number of anilines is 1. The van der Waals surface area contributed by atoms with Crippen molar-refractivity contribution in [2.24, 2.45) is 5.41 Å². The first-order chi connectivity index (χ1) is 14.3. The summed E-state index contributed by atoms with van der Waals surface area (Å²) in [6.07, 6.45) is -5.19. The first-order valence-electron chi connectivity index (χ1n) is 9.83. The number of aromatic amines is 1. The molecule has 2 N–H and O–H groups in total. The summed E-state index contributed by atoms with van der Waals surface area (Å²) < 4.78 is 52.1. The molecule has 1 aliphatic rings. The molecule has 1 amide bonds. The zero-order chi connectivity index (χ0) is 23.0. The second kappa shape index (κ2) is 8.32.